The van der Waals surface area contributed by atoms with E-state index in [4.69, 9.17) is 0 Å². The van der Waals surface area contributed by atoms with Gasteiger partial charge in [-0.05, 0) is 19.1 Å². The number of carbonyl (C=O) groups excluding carboxylic acids is 1. The molecule has 0 saturated heterocycles. The van der Waals surface area contributed by atoms with E-state index in [0.717, 1.165) is 0 Å². The summed E-state index contributed by atoms with van der Waals surface area (Å²) in [6.07, 6.45) is 1.52. The van der Waals surface area contributed by atoms with E-state index in [9.17, 15) is 13.2 Å². The Kier molecular flexibility index (Phi) is 5.71. The molecule has 0 aromatic carbocycles. The van der Waals surface area contributed by atoms with Gasteiger partial charge in [0.05, 0.1) is 0 Å². The van der Waals surface area contributed by atoms with Crippen LogP contribution < -0.4 is 15.4 Å². The molecule has 0 aliphatic carbocycles. The molecule has 106 valence electrons. The minimum atomic E-state index is -3.64. The first-order valence-electron chi connectivity index (χ1n) is 5.90. The second-order valence-electron chi connectivity index (χ2n) is 3.76. The molecule has 0 bridgehead atoms. The Morgan fingerprint density at radius 1 is 1.37 bits per heavy atom. The van der Waals surface area contributed by atoms with Gasteiger partial charge >= 0.3 is 0 Å². The molecule has 19 heavy (non-hydrogen) atoms. The number of sulfonamides is 1. The number of aromatic nitrogens is 1. The first-order chi connectivity index (χ1) is 8.97. The van der Waals surface area contributed by atoms with Crippen molar-refractivity contribution in [3.63, 3.8) is 0 Å². The van der Waals surface area contributed by atoms with E-state index < -0.39 is 10.0 Å². The molecule has 3 N–H and O–H groups in total. The fraction of sp³-hybridized carbons (Fsp3) is 0.455. The SMILES string of the molecule is CCNc1ncccc1S(=O)(=O)NCCNC(C)=O. The summed E-state index contributed by atoms with van der Waals surface area (Å²) in [7, 11) is -3.64. The molecule has 1 aromatic heterocycles. The van der Waals surface area contributed by atoms with Gasteiger partial charge in [0.1, 0.15) is 10.7 Å². The predicted molar refractivity (Wildman–Crippen MR) is 72.3 cm³/mol. The van der Waals surface area contributed by atoms with Crippen LogP contribution in [0, 0.1) is 0 Å². The second kappa shape index (κ2) is 7.05. The van der Waals surface area contributed by atoms with Crippen LogP contribution in [0.2, 0.25) is 0 Å². The van der Waals surface area contributed by atoms with E-state index in [1.165, 1.54) is 19.2 Å². The molecule has 1 aromatic rings. The summed E-state index contributed by atoms with van der Waals surface area (Å²) in [5.41, 5.74) is 0. The topological polar surface area (TPSA) is 100 Å². The molecule has 7 nitrogen and oxygen atoms in total. The first kappa shape index (κ1) is 15.4. The molecule has 8 heteroatoms. The number of pyridine rings is 1. The van der Waals surface area contributed by atoms with Gasteiger partial charge < -0.3 is 10.6 Å². The lowest BCUT2D eigenvalue weighted by atomic mass is 10.4. The lowest BCUT2D eigenvalue weighted by Gasteiger charge is -2.11. The van der Waals surface area contributed by atoms with Crippen LogP contribution in [0.5, 0.6) is 0 Å². The molecule has 0 unspecified atom stereocenters. The molecule has 1 amide bonds. The fourth-order valence-corrected chi connectivity index (χ4v) is 2.57. The number of nitrogens with one attached hydrogen (secondary N) is 3. The lowest BCUT2D eigenvalue weighted by Crippen LogP contribution is -2.34. The van der Waals surface area contributed by atoms with Crippen molar-refractivity contribution in [1.29, 1.82) is 0 Å². The molecule has 0 atom stereocenters. The van der Waals surface area contributed by atoms with Gasteiger partial charge in [-0.2, -0.15) is 0 Å². The molecule has 0 aliphatic heterocycles. The zero-order valence-electron chi connectivity index (χ0n) is 10.9. The van der Waals surface area contributed by atoms with Gasteiger partial charge in [-0.3, -0.25) is 4.79 Å². The van der Waals surface area contributed by atoms with E-state index in [-0.39, 0.29) is 23.9 Å². The van der Waals surface area contributed by atoms with E-state index in [0.29, 0.717) is 12.4 Å². The van der Waals surface area contributed by atoms with Crippen molar-refractivity contribution < 1.29 is 13.2 Å². The normalized spacial score (nSPS) is 11.1. The Bertz CT molecular complexity index is 530. The van der Waals surface area contributed by atoms with Crippen LogP contribution in [0.1, 0.15) is 13.8 Å². The van der Waals surface area contributed by atoms with E-state index in [1.54, 1.807) is 6.07 Å². The third-order valence-electron chi connectivity index (χ3n) is 2.20. The maximum Gasteiger partial charge on any atom is 0.244 e. The average Bonchev–Trinajstić information content (AvgIpc) is 2.35. The van der Waals surface area contributed by atoms with Gasteiger partial charge in [0.2, 0.25) is 15.9 Å². The summed E-state index contributed by atoms with van der Waals surface area (Å²) >= 11 is 0. The van der Waals surface area contributed by atoms with Gasteiger partial charge in [-0.25, -0.2) is 18.1 Å². The van der Waals surface area contributed by atoms with Crippen molar-refractivity contribution in [3.05, 3.63) is 18.3 Å². The van der Waals surface area contributed by atoms with Crippen LogP contribution in [-0.2, 0) is 14.8 Å². The highest BCUT2D eigenvalue weighted by Gasteiger charge is 2.18. The van der Waals surface area contributed by atoms with Crippen LogP contribution in [0.3, 0.4) is 0 Å². The van der Waals surface area contributed by atoms with Gasteiger partial charge in [-0.1, -0.05) is 0 Å². The van der Waals surface area contributed by atoms with Gasteiger partial charge in [0.25, 0.3) is 0 Å². The Balaban J connectivity index is 2.74. The standard InChI is InChI=1S/C11H18N4O3S/c1-3-12-11-10(5-4-6-14-11)19(17,18)15-8-7-13-9(2)16/h4-6,15H,3,7-8H2,1-2H3,(H,12,14)(H,13,16). The Morgan fingerprint density at radius 3 is 2.74 bits per heavy atom. The zero-order chi connectivity index (χ0) is 14.3. The molecule has 0 radical (unpaired) electrons. The summed E-state index contributed by atoms with van der Waals surface area (Å²) in [5.74, 6) is 0.117. The minimum absolute atomic E-state index is 0.0969. The fourth-order valence-electron chi connectivity index (χ4n) is 1.41. The molecular formula is C11H18N4O3S. The number of anilines is 1. The number of rotatable bonds is 7. The molecule has 1 heterocycles. The number of hydrogen-bond acceptors (Lipinski definition) is 5. The van der Waals surface area contributed by atoms with E-state index in [1.807, 2.05) is 6.92 Å². The number of hydrogen-bond donors (Lipinski definition) is 3. The maximum absolute atomic E-state index is 12.1. The Labute approximate surface area is 112 Å². The average molecular weight is 286 g/mol. The monoisotopic (exact) mass is 286 g/mol. The van der Waals surface area contributed by atoms with Crippen LogP contribution >= 0.6 is 0 Å². The van der Waals surface area contributed by atoms with Crippen molar-refractivity contribution in [3.8, 4) is 0 Å². The Hall–Kier alpha value is -1.67. The van der Waals surface area contributed by atoms with Gasteiger partial charge in [-0.15, -0.1) is 0 Å². The van der Waals surface area contributed by atoms with Crippen molar-refractivity contribution in [2.75, 3.05) is 25.0 Å². The van der Waals surface area contributed by atoms with Crippen molar-refractivity contribution in [2.24, 2.45) is 0 Å². The molecule has 0 spiro atoms. The molecule has 0 aliphatic rings. The van der Waals surface area contributed by atoms with Crippen LogP contribution in [-0.4, -0.2) is 38.9 Å². The quantitative estimate of drug-likeness (QED) is 0.609. The number of nitrogens with zero attached hydrogens (tertiary/aromatic N) is 1. The summed E-state index contributed by atoms with van der Waals surface area (Å²) < 4.78 is 26.5. The lowest BCUT2D eigenvalue weighted by molar-refractivity contribution is -0.118. The molecular weight excluding hydrogens is 268 g/mol. The third-order valence-corrected chi connectivity index (χ3v) is 3.69. The zero-order valence-corrected chi connectivity index (χ0v) is 11.8. The molecule has 0 saturated carbocycles. The second-order valence-corrected chi connectivity index (χ2v) is 5.50. The third kappa shape index (κ3) is 4.84. The van der Waals surface area contributed by atoms with Gasteiger partial charge in [0, 0.05) is 32.8 Å². The number of amides is 1. The van der Waals surface area contributed by atoms with E-state index in [2.05, 4.69) is 20.3 Å². The summed E-state index contributed by atoms with van der Waals surface area (Å²) in [5, 5.41) is 5.40. The Morgan fingerprint density at radius 2 is 2.11 bits per heavy atom. The smallest absolute Gasteiger partial charge is 0.244 e. The van der Waals surface area contributed by atoms with E-state index >= 15 is 0 Å². The summed E-state index contributed by atoms with van der Waals surface area (Å²) in [6, 6.07) is 3.04. The molecule has 0 fully saturated rings. The number of carbonyl (C=O) groups is 1. The highest BCUT2D eigenvalue weighted by atomic mass is 32.2. The van der Waals surface area contributed by atoms with Crippen LogP contribution in [0.15, 0.2) is 23.2 Å². The van der Waals surface area contributed by atoms with Crippen molar-refractivity contribution >= 4 is 21.7 Å². The highest BCUT2D eigenvalue weighted by Crippen LogP contribution is 2.17. The highest BCUT2D eigenvalue weighted by molar-refractivity contribution is 7.89. The summed E-state index contributed by atoms with van der Waals surface area (Å²) in [6.45, 7) is 4.17. The first-order valence-corrected chi connectivity index (χ1v) is 7.38. The van der Waals surface area contributed by atoms with Crippen LogP contribution in [0.4, 0.5) is 5.82 Å². The van der Waals surface area contributed by atoms with Gasteiger partial charge in [0.15, 0.2) is 0 Å². The largest absolute Gasteiger partial charge is 0.369 e. The summed E-state index contributed by atoms with van der Waals surface area (Å²) in [4.78, 5) is 14.8. The minimum Gasteiger partial charge on any atom is -0.369 e. The van der Waals surface area contributed by atoms with Crippen molar-refractivity contribution in [2.45, 2.75) is 18.7 Å². The van der Waals surface area contributed by atoms with Crippen LogP contribution in [0.25, 0.3) is 0 Å². The van der Waals surface area contributed by atoms with Crippen molar-refractivity contribution in [1.82, 2.24) is 15.0 Å². The predicted octanol–water partition coefficient (Wildman–Crippen LogP) is -0.0722. The molecule has 1 rings (SSSR count). The maximum atomic E-state index is 12.1.